The monoisotopic (exact) mass is 508 g/mol. The van der Waals surface area contributed by atoms with Crippen molar-refractivity contribution in [2.75, 3.05) is 7.11 Å². The number of hydrogen-bond donors (Lipinski definition) is 2. The van der Waals surface area contributed by atoms with Crippen LogP contribution in [-0.2, 0) is 20.8 Å². The molecule has 1 saturated carbocycles. The SMILES string of the molecule is COC(=O)c1cccc(C=C[C@@H]2C[C@H](NC(=O)OC(C)(C)C)CC[C@@H]2NC(=O)OCc2ccccc2)c1. The third kappa shape index (κ3) is 9.29. The first kappa shape index (κ1) is 27.8. The molecule has 0 radical (unpaired) electrons. The van der Waals surface area contributed by atoms with E-state index >= 15 is 0 Å². The number of carbonyl (C=O) groups excluding carboxylic acids is 3. The van der Waals surface area contributed by atoms with Gasteiger partial charge in [0, 0.05) is 12.1 Å². The van der Waals surface area contributed by atoms with Crippen molar-refractivity contribution in [1.82, 2.24) is 10.6 Å². The summed E-state index contributed by atoms with van der Waals surface area (Å²) in [4.78, 5) is 36.8. The third-order valence-corrected chi connectivity index (χ3v) is 5.98. The number of hydrogen-bond acceptors (Lipinski definition) is 6. The van der Waals surface area contributed by atoms with E-state index in [1.807, 2.05) is 69.3 Å². The van der Waals surface area contributed by atoms with Gasteiger partial charge < -0.3 is 24.8 Å². The van der Waals surface area contributed by atoms with Crippen LogP contribution in [0, 0.1) is 5.92 Å². The van der Waals surface area contributed by atoms with Crippen LogP contribution in [0.3, 0.4) is 0 Å². The summed E-state index contributed by atoms with van der Waals surface area (Å²) >= 11 is 0. The summed E-state index contributed by atoms with van der Waals surface area (Å²) in [5.41, 5.74) is 1.60. The van der Waals surface area contributed by atoms with Crippen LogP contribution in [0.15, 0.2) is 60.7 Å². The second kappa shape index (κ2) is 12.9. The molecule has 1 aliphatic carbocycles. The van der Waals surface area contributed by atoms with Crippen LogP contribution in [0.25, 0.3) is 6.08 Å². The largest absolute Gasteiger partial charge is 0.465 e. The highest BCUT2D eigenvalue weighted by molar-refractivity contribution is 5.90. The maximum Gasteiger partial charge on any atom is 0.407 e. The summed E-state index contributed by atoms with van der Waals surface area (Å²) in [7, 11) is 1.35. The molecule has 0 unspecified atom stereocenters. The molecule has 198 valence electrons. The molecule has 2 aromatic rings. The highest BCUT2D eigenvalue weighted by Gasteiger charge is 2.32. The van der Waals surface area contributed by atoms with Gasteiger partial charge in [-0.05, 0) is 69.2 Å². The lowest BCUT2D eigenvalue weighted by Gasteiger charge is -2.35. The van der Waals surface area contributed by atoms with Gasteiger partial charge in [-0.1, -0.05) is 54.6 Å². The molecular weight excluding hydrogens is 472 g/mol. The number of esters is 1. The average Bonchev–Trinajstić information content (AvgIpc) is 2.86. The number of ether oxygens (including phenoxy) is 3. The molecular formula is C29H36N2O6. The van der Waals surface area contributed by atoms with Gasteiger partial charge in [0.2, 0.25) is 0 Å². The van der Waals surface area contributed by atoms with Crippen molar-refractivity contribution in [3.63, 3.8) is 0 Å². The Morgan fingerprint density at radius 2 is 1.73 bits per heavy atom. The molecule has 0 bridgehead atoms. The van der Waals surface area contributed by atoms with Gasteiger partial charge in [0.15, 0.2) is 0 Å². The number of alkyl carbamates (subject to hydrolysis) is 2. The van der Waals surface area contributed by atoms with Crippen LogP contribution in [0.2, 0.25) is 0 Å². The summed E-state index contributed by atoms with van der Waals surface area (Å²) in [6.07, 6.45) is 4.91. The first-order chi connectivity index (χ1) is 17.6. The predicted molar refractivity (Wildman–Crippen MR) is 141 cm³/mol. The first-order valence-corrected chi connectivity index (χ1v) is 12.5. The number of benzene rings is 2. The maximum atomic E-state index is 12.6. The number of methoxy groups -OCH3 is 1. The summed E-state index contributed by atoms with van der Waals surface area (Å²) in [5.74, 6) is -0.491. The molecule has 2 aromatic carbocycles. The molecule has 37 heavy (non-hydrogen) atoms. The van der Waals surface area contributed by atoms with Crippen molar-refractivity contribution in [3.8, 4) is 0 Å². The average molecular weight is 509 g/mol. The molecule has 2 N–H and O–H groups in total. The molecule has 8 heteroatoms. The topological polar surface area (TPSA) is 103 Å². The second-order valence-corrected chi connectivity index (χ2v) is 10.1. The Labute approximate surface area is 218 Å². The van der Waals surface area contributed by atoms with Gasteiger partial charge in [-0.15, -0.1) is 0 Å². The van der Waals surface area contributed by atoms with E-state index in [1.165, 1.54) is 7.11 Å². The van der Waals surface area contributed by atoms with Gasteiger partial charge in [-0.2, -0.15) is 0 Å². The Kier molecular flexibility index (Phi) is 9.71. The number of amides is 2. The molecule has 0 saturated heterocycles. The Hall–Kier alpha value is -3.81. The van der Waals surface area contributed by atoms with Crippen molar-refractivity contribution in [2.45, 2.75) is 64.3 Å². The summed E-state index contributed by atoms with van der Waals surface area (Å²) < 4.78 is 15.7. The van der Waals surface area contributed by atoms with E-state index in [1.54, 1.807) is 18.2 Å². The van der Waals surface area contributed by atoms with E-state index < -0.39 is 23.8 Å². The zero-order valence-electron chi connectivity index (χ0n) is 21.9. The van der Waals surface area contributed by atoms with Crippen LogP contribution in [0.4, 0.5) is 9.59 Å². The number of nitrogens with one attached hydrogen (secondary N) is 2. The molecule has 3 atom stereocenters. The van der Waals surface area contributed by atoms with Crippen molar-refractivity contribution < 1.29 is 28.6 Å². The van der Waals surface area contributed by atoms with E-state index in [4.69, 9.17) is 14.2 Å². The predicted octanol–water partition coefficient (Wildman–Crippen LogP) is 5.47. The van der Waals surface area contributed by atoms with Crippen molar-refractivity contribution in [2.24, 2.45) is 5.92 Å². The molecule has 1 fully saturated rings. The molecule has 8 nitrogen and oxygen atoms in total. The van der Waals surface area contributed by atoms with Crippen LogP contribution in [0.5, 0.6) is 0 Å². The molecule has 0 spiro atoms. The molecule has 3 rings (SSSR count). The minimum Gasteiger partial charge on any atom is -0.465 e. The van der Waals surface area contributed by atoms with Crippen molar-refractivity contribution in [1.29, 1.82) is 0 Å². The Balaban J connectivity index is 1.69. The summed E-state index contributed by atoms with van der Waals surface area (Å²) in [6, 6.07) is 16.3. The third-order valence-electron chi connectivity index (χ3n) is 5.98. The lowest BCUT2D eigenvalue weighted by Crippen LogP contribution is -2.49. The van der Waals surface area contributed by atoms with Gasteiger partial charge in [0.25, 0.3) is 0 Å². The van der Waals surface area contributed by atoms with Crippen LogP contribution >= 0.6 is 0 Å². The van der Waals surface area contributed by atoms with E-state index in [0.717, 1.165) is 11.1 Å². The van der Waals surface area contributed by atoms with Crippen LogP contribution in [0.1, 0.15) is 61.5 Å². The standard InChI is InChI=1S/C29H36N2O6/c1-29(2,3)37-28(34)30-24-15-16-25(31-27(33)36-19-21-9-6-5-7-10-21)22(18-24)14-13-20-11-8-12-23(17-20)26(32)35-4/h5-14,17,22,24-25H,15-16,18-19H2,1-4H3,(H,30,34)(H,31,33)/t22-,24-,25+/m1/s1. The minimum absolute atomic E-state index is 0.0836. The fraction of sp³-hybridized carbons (Fsp3) is 0.414. The second-order valence-electron chi connectivity index (χ2n) is 10.1. The lowest BCUT2D eigenvalue weighted by molar-refractivity contribution is 0.0480. The fourth-order valence-electron chi connectivity index (χ4n) is 4.24. The highest BCUT2D eigenvalue weighted by atomic mass is 16.6. The van der Waals surface area contributed by atoms with E-state index in [0.29, 0.717) is 24.8 Å². The van der Waals surface area contributed by atoms with Gasteiger partial charge in [0.1, 0.15) is 12.2 Å². The van der Waals surface area contributed by atoms with Gasteiger partial charge in [0.05, 0.1) is 12.7 Å². The Bertz CT molecular complexity index is 1090. The van der Waals surface area contributed by atoms with Crippen molar-refractivity contribution >= 4 is 24.2 Å². The van der Waals surface area contributed by atoms with Gasteiger partial charge in [-0.25, -0.2) is 14.4 Å². The van der Waals surface area contributed by atoms with E-state index in [-0.39, 0.29) is 24.6 Å². The maximum absolute atomic E-state index is 12.6. The molecule has 0 aliphatic heterocycles. The van der Waals surface area contributed by atoms with Gasteiger partial charge >= 0.3 is 18.2 Å². The van der Waals surface area contributed by atoms with E-state index in [2.05, 4.69) is 10.6 Å². The van der Waals surface area contributed by atoms with Gasteiger partial charge in [-0.3, -0.25) is 0 Å². The van der Waals surface area contributed by atoms with Crippen LogP contribution < -0.4 is 10.6 Å². The molecule has 2 amide bonds. The molecule has 0 aromatic heterocycles. The first-order valence-electron chi connectivity index (χ1n) is 12.5. The normalized spacial score (nSPS) is 19.6. The van der Waals surface area contributed by atoms with Crippen LogP contribution in [-0.4, -0.2) is 43.0 Å². The van der Waals surface area contributed by atoms with E-state index in [9.17, 15) is 14.4 Å². The number of carbonyl (C=O) groups is 3. The Morgan fingerprint density at radius 3 is 2.43 bits per heavy atom. The zero-order valence-corrected chi connectivity index (χ0v) is 21.9. The summed E-state index contributed by atoms with van der Waals surface area (Å²) in [5, 5.41) is 5.95. The number of rotatable bonds is 7. The smallest absolute Gasteiger partial charge is 0.407 e. The molecule has 0 heterocycles. The zero-order chi connectivity index (χ0) is 26.8. The minimum atomic E-state index is -0.588. The Morgan fingerprint density at radius 1 is 0.973 bits per heavy atom. The quantitative estimate of drug-likeness (QED) is 0.380. The molecule has 1 aliphatic rings. The van der Waals surface area contributed by atoms with Crippen molar-refractivity contribution in [3.05, 3.63) is 77.4 Å². The lowest BCUT2D eigenvalue weighted by atomic mass is 9.81. The fourth-order valence-corrected chi connectivity index (χ4v) is 4.24. The highest BCUT2D eigenvalue weighted by Crippen LogP contribution is 2.28. The summed E-state index contributed by atoms with van der Waals surface area (Å²) in [6.45, 7) is 5.65.